The van der Waals surface area contributed by atoms with Gasteiger partial charge in [0.05, 0.1) is 22.7 Å². The van der Waals surface area contributed by atoms with Crippen LogP contribution in [-0.2, 0) is 11.3 Å². The van der Waals surface area contributed by atoms with Gasteiger partial charge >= 0.3 is 0 Å². The summed E-state index contributed by atoms with van der Waals surface area (Å²) >= 11 is 2.54. The molecule has 0 aliphatic carbocycles. The predicted octanol–water partition coefficient (Wildman–Crippen LogP) is 4.16. The molecule has 0 radical (unpaired) electrons. The number of nitrogens with one attached hydrogen (secondary N) is 2. The van der Waals surface area contributed by atoms with Crippen LogP contribution in [0.5, 0.6) is 0 Å². The lowest BCUT2D eigenvalue weighted by molar-refractivity contribution is -0.119. The molecule has 5 aromatic rings. The summed E-state index contributed by atoms with van der Waals surface area (Å²) in [7, 11) is 0. The monoisotopic (exact) mass is 500 g/mol. The SMILES string of the molecule is O=C(CSc1nnc(-c2ccc3ccccc3n2)n1Cc1ccccc1)NNC(=O)c1cccs1. The van der Waals surface area contributed by atoms with E-state index in [0.29, 0.717) is 28.1 Å². The topological polar surface area (TPSA) is 102 Å². The van der Waals surface area contributed by atoms with Crippen LogP contribution in [0.1, 0.15) is 15.2 Å². The zero-order chi connectivity index (χ0) is 24.0. The predicted molar refractivity (Wildman–Crippen MR) is 137 cm³/mol. The number of fused-ring (bicyclic) bond motifs is 1. The van der Waals surface area contributed by atoms with Crippen LogP contribution in [0.4, 0.5) is 0 Å². The summed E-state index contributed by atoms with van der Waals surface area (Å²) < 4.78 is 1.95. The van der Waals surface area contributed by atoms with Crippen LogP contribution in [0.2, 0.25) is 0 Å². The van der Waals surface area contributed by atoms with Crippen molar-refractivity contribution in [2.24, 2.45) is 0 Å². The Morgan fingerprint density at radius 3 is 2.54 bits per heavy atom. The van der Waals surface area contributed by atoms with Gasteiger partial charge in [0, 0.05) is 5.39 Å². The van der Waals surface area contributed by atoms with Crippen molar-refractivity contribution in [3.05, 3.63) is 94.7 Å². The third-order valence-electron chi connectivity index (χ3n) is 5.12. The molecule has 0 bridgehead atoms. The largest absolute Gasteiger partial charge is 0.296 e. The Morgan fingerprint density at radius 1 is 0.886 bits per heavy atom. The molecule has 5 rings (SSSR count). The summed E-state index contributed by atoms with van der Waals surface area (Å²) in [5.74, 6) is -0.0219. The van der Waals surface area contributed by atoms with Crippen LogP contribution in [0.25, 0.3) is 22.4 Å². The Bertz CT molecular complexity index is 1470. The smallest absolute Gasteiger partial charge is 0.279 e. The number of benzene rings is 2. The van der Waals surface area contributed by atoms with E-state index in [-0.39, 0.29) is 17.6 Å². The number of rotatable bonds is 7. The summed E-state index contributed by atoms with van der Waals surface area (Å²) in [5.41, 5.74) is 7.52. The number of aromatic nitrogens is 4. The molecule has 2 aromatic carbocycles. The minimum Gasteiger partial charge on any atom is -0.296 e. The lowest BCUT2D eigenvalue weighted by atomic mass is 10.2. The first kappa shape index (κ1) is 22.8. The highest BCUT2D eigenvalue weighted by atomic mass is 32.2. The summed E-state index contributed by atoms with van der Waals surface area (Å²) in [6.45, 7) is 0.525. The Balaban J connectivity index is 1.35. The molecule has 0 fully saturated rings. The number of carbonyl (C=O) groups excluding carboxylic acids is 2. The molecule has 0 saturated carbocycles. The molecule has 0 saturated heterocycles. The molecular weight excluding hydrogens is 480 g/mol. The van der Waals surface area contributed by atoms with Gasteiger partial charge in [-0.15, -0.1) is 21.5 Å². The molecule has 3 aromatic heterocycles. The number of para-hydroxylation sites is 1. The van der Waals surface area contributed by atoms with Crippen LogP contribution in [-0.4, -0.2) is 37.3 Å². The van der Waals surface area contributed by atoms with E-state index in [1.807, 2.05) is 71.3 Å². The standard InChI is InChI=1S/C25H20N6O2S2/c32-22(27-29-24(33)21-11-6-14-34-21)16-35-25-30-28-23(31(25)15-17-7-2-1-3-8-17)20-13-12-18-9-4-5-10-19(18)26-20/h1-14H,15-16H2,(H,27,32)(H,29,33). The molecule has 0 aliphatic heterocycles. The Hall–Kier alpha value is -4.02. The fraction of sp³-hybridized carbons (Fsp3) is 0.0800. The molecule has 3 heterocycles. The molecule has 0 unspecified atom stereocenters. The number of amides is 2. The van der Waals surface area contributed by atoms with E-state index in [9.17, 15) is 9.59 Å². The van der Waals surface area contributed by atoms with Gasteiger partial charge < -0.3 is 0 Å². The molecule has 2 amide bonds. The maximum atomic E-state index is 12.4. The second-order valence-corrected chi connectivity index (χ2v) is 9.43. The summed E-state index contributed by atoms with van der Waals surface area (Å²) in [5, 5.41) is 12.2. The van der Waals surface area contributed by atoms with Crippen molar-refractivity contribution in [2.45, 2.75) is 11.7 Å². The second kappa shape index (κ2) is 10.5. The van der Waals surface area contributed by atoms with Gasteiger partial charge in [-0.1, -0.05) is 72.4 Å². The summed E-state index contributed by atoms with van der Waals surface area (Å²) in [6, 6.07) is 25.3. The van der Waals surface area contributed by atoms with E-state index in [2.05, 4.69) is 21.0 Å². The number of carbonyl (C=O) groups is 2. The normalized spacial score (nSPS) is 10.9. The Morgan fingerprint density at radius 2 is 1.71 bits per heavy atom. The maximum Gasteiger partial charge on any atom is 0.279 e. The highest BCUT2D eigenvalue weighted by molar-refractivity contribution is 7.99. The molecule has 0 atom stereocenters. The van der Waals surface area contributed by atoms with Gasteiger partial charge in [0.2, 0.25) is 5.91 Å². The lowest BCUT2D eigenvalue weighted by Crippen LogP contribution is -2.42. The second-order valence-electron chi connectivity index (χ2n) is 7.54. The number of pyridine rings is 1. The zero-order valence-corrected chi connectivity index (χ0v) is 20.1. The quantitative estimate of drug-likeness (QED) is 0.257. The lowest BCUT2D eigenvalue weighted by Gasteiger charge is -2.11. The number of hydrogen-bond donors (Lipinski definition) is 2. The average molecular weight is 501 g/mol. The van der Waals surface area contributed by atoms with Gasteiger partial charge in [0.1, 0.15) is 5.69 Å². The van der Waals surface area contributed by atoms with Crippen molar-refractivity contribution in [3.63, 3.8) is 0 Å². The van der Waals surface area contributed by atoms with Gasteiger partial charge in [-0.25, -0.2) is 4.98 Å². The van der Waals surface area contributed by atoms with Crippen molar-refractivity contribution >= 4 is 45.8 Å². The number of hydrogen-bond acceptors (Lipinski definition) is 7. The van der Waals surface area contributed by atoms with Crippen molar-refractivity contribution in [3.8, 4) is 11.5 Å². The highest BCUT2D eigenvalue weighted by Crippen LogP contribution is 2.25. The van der Waals surface area contributed by atoms with E-state index < -0.39 is 0 Å². The molecule has 0 spiro atoms. The van der Waals surface area contributed by atoms with Gasteiger partial charge in [0.25, 0.3) is 5.91 Å². The molecule has 35 heavy (non-hydrogen) atoms. The summed E-state index contributed by atoms with van der Waals surface area (Å²) in [4.78, 5) is 29.7. The van der Waals surface area contributed by atoms with Crippen LogP contribution in [0, 0.1) is 0 Å². The van der Waals surface area contributed by atoms with Crippen LogP contribution in [0.3, 0.4) is 0 Å². The Labute approximate surface area is 209 Å². The molecule has 174 valence electrons. The highest BCUT2D eigenvalue weighted by Gasteiger charge is 2.18. The van der Waals surface area contributed by atoms with Gasteiger partial charge in [0.15, 0.2) is 11.0 Å². The fourth-order valence-corrected chi connectivity index (χ4v) is 4.80. The Kier molecular flexibility index (Phi) is 6.82. The first-order chi connectivity index (χ1) is 17.2. The van der Waals surface area contributed by atoms with Crippen molar-refractivity contribution in [1.82, 2.24) is 30.6 Å². The third-order valence-corrected chi connectivity index (χ3v) is 6.96. The minimum atomic E-state index is -0.352. The van der Waals surface area contributed by atoms with Crippen molar-refractivity contribution in [2.75, 3.05) is 5.75 Å². The zero-order valence-electron chi connectivity index (χ0n) is 18.4. The molecule has 0 aliphatic rings. The van der Waals surface area contributed by atoms with E-state index in [4.69, 9.17) is 4.98 Å². The molecule has 2 N–H and O–H groups in total. The van der Waals surface area contributed by atoms with Crippen molar-refractivity contribution < 1.29 is 9.59 Å². The van der Waals surface area contributed by atoms with E-state index in [0.717, 1.165) is 16.5 Å². The number of thiophene rings is 1. The van der Waals surface area contributed by atoms with Crippen LogP contribution >= 0.6 is 23.1 Å². The molecule has 10 heteroatoms. The minimum absolute atomic E-state index is 0.0583. The molecule has 8 nitrogen and oxygen atoms in total. The van der Waals surface area contributed by atoms with E-state index >= 15 is 0 Å². The average Bonchev–Trinajstić information content (AvgIpc) is 3.57. The van der Waals surface area contributed by atoms with Crippen LogP contribution < -0.4 is 10.9 Å². The van der Waals surface area contributed by atoms with Gasteiger partial charge in [-0.05, 0) is 29.1 Å². The van der Waals surface area contributed by atoms with Crippen molar-refractivity contribution in [1.29, 1.82) is 0 Å². The number of nitrogens with zero attached hydrogens (tertiary/aromatic N) is 4. The van der Waals surface area contributed by atoms with Gasteiger partial charge in [-0.2, -0.15) is 0 Å². The third kappa shape index (κ3) is 5.39. The fourth-order valence-electron chi connectivity index (χ4n) is 3.45. The molecular formula is C25H20N6O2S2. The number of hydrazine groups is 1. The maximum absolute atomic E-state index is 12.4. The van der Waals surface area contributed by atoms with Crippen LogP contribution in [0.15, 0.2) is 89.4 Å². The summed E-state index contributed by atoms with van der Waals surface area (Å²) in [6.07, 6.45) is 0. The van der Waals surface area contributed by atoms with E-state index in [1.54, 1.807) is 17.5 Å². The number of thioether (sulfide) groups is 1. The van der Waals surface area contributed by atoms with Gasteiger partial charge in [-0.3, -0.25) is 25.0 Å². The van der Waals surface area contributed by atoms with E-state index in [1.165, 1.54) is 23.1 Å². The first-order valence-corrected chi connectivity index (χ1v) is 12.6. The first-order valence-electron chi connectivity index (χ1n) is 10.8.